The first-order valence-corrected chi connectivity index (χ1v) is 10.7. The van der Waals surface area contributed by atoms with Gasteiger partial charge in [-0.2, -0.15) is 0 Å². The normalized spacial score (nSPS) is 11.1. The van der Waals surface area contributed by atoms with Crippen molar-refractivity contribution in [3.05, 3.63) is 64.7 Å². The van der Waals surface area contributed by atoms with Gasteiger partial charge in [0.15, 0.2) is 23.2 Å². The minimum Gasteiger partial charge on any atom is -0.497 e. The maximum atomic E-state index is 13.9. The van der Waals surface area contributed by atoms with Gasteiger partial charge in [0.1, 0.15) is 18.1 Å². The quantitative estimate of drug-likeness (QED) is 0.392. The molecule has 2 aromatic carbocycles. The van der Waals surface area contributed by atoms with Gasteiger partial charge in [-0.1, -0.05) is 37.6 Å². The summed E-state index contributed by atoms with van der Waals surface area (Å²) < 4.78 is 20.4. The van der Waals surface area contributed by atoms with Gasteiger partial charge in [-0.15, -0.1) is 5.10 Å². The Kier molecular flexibility index (Phi) is 7.75. The number of Topliss-reactive ketones (excluding diaryl/α,β-unsaturated/α-hetero) is 2. The number of carbonyl (C=O) groups excluding carboxylic acids is 2. The maximum Gasteiger partial charge on any atom is 0.200 e. The Labute approximate surface area is 191 Å². The maximum absolute atomic E-state index is 13.9. The molecule has 0 radical (unpaired) electrons. The van der Waals surface area contributed by atoms with Crippen molar-refractivity contribution in [1.29, 1.82) is 0 Å². The van der Waals surface area contributed by atoms with E-state index in [4.69, 9.17) is 16.3 Å². The number of aryl methyl sites for hydroxylation is 1. The van der Waals surface area contributed by atoms with Crippen LogP contribution in [0.25, 0.3) is 11.4 Å². The number of hydrogen-bond donors (Lipinski definition) is 0. The Morgan fingerprint density at radius 1 is 1.19 bits per heavy atom. The summed E-state index contributed by atoms with van der Waals surface area (Å²) in [6.45, 7) is 3.76. The van der Waals surface area contributed by atoms with E-state index in [1.165, 1.54) is 16.8 Å². The monoisotopic (exact) mass is 457 g/mol. The van der Waals surface area contributed by atoms with Crippen LogP contribution in [0.15, 0.2) is 42.5 Å². The molecule has 0 amide bonds. The van der Waals surface area contributed by atoms with Crippen LogP contribution in [-0.4, -0.2) is 33.4 Å². The van der Waals surface area contributed by atoms with E-state index in [0.717, 1.165) is 11.3 Å². The summed E-state index contributed by atoms with van der Waals surface area (Å²) in [6.07, 6.45) is 1.08. The molecule has 6 nitrogen and oxygen atoms in total. The molecule has 0 bridgehead atoms. The molecule has 0 saturated heterocycles. The Bertz CT molecular complexity index is 1130. The average Bonchev–Trinajstić information content (AvgIpc) is 3.17. The minimum atomic E-state index is -0.607. The van der Waals surface area contributed by atoms with E-state index in [-0.39, 0.29) is 53.5 Å². The summed E-state index contributed by atoms with van der Waals surface area (Å²) in [5.74, 6) is 0.205. The number of carbonyl (C=O) groups is 2. The highest BCUT2D eigenvalue weighted by Gasteiger charge is 2.21. The number of hydrogen-bond acceptors (Lipinski definition) is 5. The van der Waals surface area contributed by atoms with Gasteiger partial charge in [-0.05, 0) is 48.2 Å². The zero-order valence-electron chi connectivity index (χ0n) is 18.3. The largest absolute Gasteiger partial charge is 0.497 e. The molecule has 0 fully saturated rings. The van der Waals surface area contributed by atoms with Crippen molar-refractivity contribution in [3.63, 3.8) is 0 Å². The van der Waals surface area contributed by atoms with Gasteiger partial charge in [0.05, 0.1) is 12.1 Å². The number of halogens is 2. The van der Waals surface area contributed by atoms with Crippen LogP contribution in [0.5, 0.6) is 5.75 Å². The van der Waals surface area contributed by atoms with Gasteiger partial charge in [-0.3, -0.25) is 9.59 Å². The summed E-state index contributed by atoms with van der Waals surface area (Å²) >= 11 is 5.76. The summed E-state index contributed by atoms with van der Waals surface area (Å²) in [5.41, 5.74) is 1.36. The highest BCUT2D eigenvalue weighted by Crippen LogP contribution is 2.23. The van der Waals surface area contributed by atoms with Crippen molar-refractivity contribution in [2.45, 2.75) is 39.7 Å². The number of rotatable bonds is 10. The average molecular weight is 458 g/mol. The molecular formula is C24H25ClFN3O3. The predicted molar refractivity (Wildman–Crippen MR) is 121 cm³/mol. The topological polar surface area (TPSA) is 74.1 Å². The molecule has 0 atom stereocenters. The molecule has 3 aromatic rings. The summed E-state index contributed by atoms with van der Waals surface area (Å²) in [6, 6.07) is 11.7. The van der Waals surface area contributed by atoms with Crippen LogP contribution in [0.2, 0.25) is 5.02 Å². The molecule has 1 aromatic heterocycles. The first-order valence-electron chi connectivity index (χ1n) is 10.3. The van der Waals surface area contributed by atoms with Crippen LogP contribution in [0.4, 0.5) is 4.39 Å². The first kappa shape index (κ1) is 23.6. The van der Waals surface area contributed by atoms with Gasteiger partial charge in [0, 0.05) is 18.4 Å². The highest BCUT2D eigenvalue weighted by atomic mass is 35.5. The number of ketones is 2. The van der Waals surface area contributed by atoms with E-state index in [1.54, 1.807) is 13.2 Å². The van der Waals surface area contributed by atoms with Gasteiger partial charge in [-0.25, -0.2) is 14.1 Å². The van der Waals surface area contributed by atoms with E-state index in [1.807, 2.05) is 38.1 Å². The molecule has 3 rings (SSSR count). The van der Waals surface area contributed by atoms with E-state index in [9.17, 15) is 14.0 Å². The number of nitrogens with zero attached hydrogens (tertiary/aromatic N) is 3. The lowest BCUT2D eigenvalue weighted by atomic mass is 10.1. The second kappa shape index (κ2) is 10.5. The molecule has 0 N–H and O–H groups in total. The molecule has 0 unspecified atom stereocenters. The molecule has 8 heteroatoms. The van der Waals surface area contributed by atoms with Crippen molar-refractivity contribution >= 4 is 23.2 Å². The molecule has 0 aliphatic rings. The van der Waals surface area contributed by atoms with Crippen molar-refractivity contribution in [2.24, 2.45) is 5.92 Å². The van der Waals surface area contributed by atoms with Crippen LogP contribution in [-0.2, 0) is 17.8 Å². The van der Waals surface area contributed by atoms with E-state index < -0.39 is 5.82 Å². The molecule has 0 aliphatic carbocycles. The smallest absolute Gasteiger partial charge is 0.200 e. The third-order valence-corrected chi connectivity index (χ3v) is 5.15. The highest BCUT2D eigenvalue weighted by molar-refractivity contribution is 6.30. The Hall–Kier alpha value is -3.06. The third-order valence-electron chi connectivity index (χ3n) is 4.85. The van der Waals surface area contributed by atoms with Crippen molar-refractivity contribution in [1.82, 2.24) is 14.8 Å². The second-order valence-electron chi connectivity index (χ2n) is 7.96. The number of methoxy groups -OCH3 is 1. The van der Waals surface area contributed by atoms with Crippen LogP contribution in [0, 0.1) is 11.7 Å². The lowest BCUT2D eigenvalue weighted by Gasteiger charge is -2.07. The number of ether oxygens (including phenoxy) is 1. The van der Waals surface area contributed by atoms with E-state index in [0.29, 0.717) is 12.0 Å². The fraction of sp³-hybridized carbons (Fsp3) is 0.333. The van der Waals surface area contributed by atoms with Crippen LogP contribution in [0.3, 0.4) is 0 Å². The van der Waals surface area contributed by atoms with Crippen molar-refractivity contribution < 1.29 is 18.7 Å². The van der Waals surface area contributed by atoms with Crippen LogP contribution < -0.4 is 4.74 Å². The zero-order valence-corrected chi connectivity index (χ0v) is 19.0. The predicted octanol–water partition coefficient (Wildman–Crippen LogP) is 5.18. The molecule has 0 saturated carbocycles. The Morgan fingerprint density at radius 2 is 1.97 bits per heavy atom. The second-order valence-corrected chi connectivity index (χ2v) is 8.36. The van der Waals surface area contributed by atoms with Crippen molar-refractivity contribution in [2.75, 3.05) is 7.11 Å². The molecule has 0 aliphatic heterocycles. The third kappa shape index (κ3) is 6.01. The summed E-state index contributed by atoms with van der Waals surface area (Å²) in [5, 5.41) is 4.32. The number of benzene rings is 2. The minimum absolute atomic E-state index is 0.0167. The van der Waals surface area contributed by atoms with Gasteiger partial charge >= 0.3 is 0 Å². The van der Waals surface area contributed by atoms with Crippen molar-refractivity contribution in [3.8, 4) is 17.1 Å². The number of aromatic nitrogens is 3. The van der Waals surface area contributed by atoms with Crippen LogP contribution in [0.1, 0.15) is 42.9 Å². The van der Waals surface area contributed by atoms with Gasteiger partial charge in [0.25, 0.3) is 0 Å². The van der Waals surface area contributed by atoms with Gasteiger partial charge in [0.2, 0.25) is 0 Å². The SMILES string of the molecule is COc1cccc(CCC(=O)Cn2nc(-c3ccc(Cl)c(F)c3)nc2C(=O)CC(C)C)c1. The summed E-state index contributed by atoms with van der Waals surface area (Å²) in [4.78, 5) is 29.7. The van der Waals surface area contributed by atoms with E-state index >= 15 is 0 Å². The molecule has 168 valence electrons. The lowest BCUT2D eigenvalue weighted by molar-refractivity contribution is -0.119. The lowest BCUT2D eigenvalue weighted by Crippen LogP contribution is -2.18. The van der Waals surface area contributed by atoms with Crippen LogP contribution >= 0.6 is 11.6 Å². The molecule has 32 heavy (non-hydrogen) atoms. The summed E-state index contributed by atoms with van der Waals surface area (Å²) in [7, 11) is 1.59. The fourth-order valence-electron chi connectivity index (χ4n) is 3.24. The first-order chi connectivity index (χ1) is 15.3. The molecule has 0 spiro atoms. The molecule has 1 heterocycles. The van der Waals surface area contributed by atoms with Gasteiger partial charge < -0.3 is 4.74 Å². The van der Waals surface area contributed by atoms with E-state index in [2.05, 4.69) is 10.1 Å². The fourth-order valence-corrected chi connectivity index (χ4v) is 3.35. The standard InChI is InChI=1S/C24H25ClFN3O3/c1-15(2)11-22(31)24-27-23(17-8-10-20(25)21(26)13-17)28-29(24)14-18(30)9-7-16-5-4-6-19(12-16)32-3/h4-6,8,10,12-13,15H,7,9,11,14H2,1-3H3. The molecular weight excluding hydrogens is 433 g/mol. The zero-order chi connectivity index (χ0) is 23.3. The Morgan fingerprint density at radius 3 is 2.66 bits per heavy atom. The Balaban J connectivity index is 1.81.